The van der Waals surface area contributed by atoms with Crippen LogP contribution in [0.25, 0.3) is 11.0 Å². The molecule has 3 atom stereocenters. The molecule has 0 amide bonds. The Morgan fingerprint density at radius 3 is 2.69 bits per heavy atom. The van der Waals surface area contributed by atoms with Crippen molar-refractivity contribution in [3.05, 3.63) is 53.6 Å². The number of aryl methyl sites for hydroxylation is 1. The smallest absolute Gasteiger partial charge is 0.124 e. The van der Waals surface area contributed by atoms with E-state index in [9.17, 15) is 0 Å². The van der Waals surface area contributed by atoms with Gasteiger partial charge in [0.05, 0.1) is 29.0 Å². The van der Waals surface area contributed by atoms with Crippen molar-refractivity contribution in [3.63, 3.8) is 0 Å². The van der Waals surface area contributed by atoms with Crippen molar-refractivity contribution in [2.45, 2.75) is 83.0 Å². The second kappa shape index (κ2) is 9.55. The van der Waals surface area contributed by atoms with Crippen LogP contribution in [0.15, 0.2) is 36.5 Å². The van der Waals surface area contributed by atoms with Gasteiger partial charge in [0, 0.05) is 37.9 Å². The molecule has 1 unspecified atom stereocenters. The lowest BCUT2D eigenvalue weighted by molar-refractivity contribution is 0.107. The van der Waals surface area contributed by atoms with Crippen molar-refractivity contribution in [2.24, 2.45) is 0 Å². The molecule has 2 aromatic heterocycles. The Kier molecular flexibility index (Phi) is 6.27. The molecule has 4 heterocycles. The maximum atomic E-state index is 5.30. The monoisotopic (exact) mass is 472 g/mol. The van der Waals surface area contributed by atoms with Gasteiger partial charge in [-0.3, -0.25) is 14.8 Å². The summed E-state index contributed by atoms with van der Waals surface area (Å²) in [6, 6.07) is 13.0. The van der Waals surface area contributed by atoms with E-state index in [0.29, 0.717) is 12.1 Å². The van der Waals surface area contributed by atoms with E-state index in [1.807, 2.05) is 12.3 Å². The van der Waals surface area contributed by atoms with Gasteiger partial charge in [-0.1, -0.05) is 25.5 Å². The number of imidazole rings is 1. The first kappa shape index (κ1) is 23.0. The molecule has 6 heteroatoms. The Morgan fingerprint density at radius 1 is 1.03 bits per heavy atom. The number of nitrogens with one attached hydrogen (secondary N) is 1. The van der Waals surface area contributed by atoms with Crippen LogP contribution in [0.1, 0.15) is 81.0 Å². The molecular weight excluding hydrogens is 432 g/mol. The van der Waals surface area contributed by atoms with Crippen LogP contribution in [0.5, 0.6) is 0 Å². The number of likely N-dealkylation sites (tertiary alicyclic amines) is 1. The fourth-order valence-corrected chi connectivity index (χ4v) is 6.61. The normalized spacial score (nSPS) is 26.5. The first-order valence-corrected chi connectivity index (χ1v) is 13.8. The quantitative estimate of drug-likeness (QED) is 0.505. The van der Waals surface area contributed by atoms with E-state index in [4.69, 9.17) is 9.97 Å². The molecule has 1 saturated carbocycles. The van der Waals surface area contributed by atoms with Gasteiger partial charge in [-0.15, -0.1) is 0 Å². The second-order valence-electron chi connectivity index (χ2n) is 11.0. The lowest BCUT2D eigenvalue weighted by atomic mass is 9.92. The minimum atomic E-state index is 0.286. The van der Waals surface area contributed by atoms with Crippen molar-refractivity contribution in [1.29, 1.82) is 0 Å². The predicted molar refractivity (Wildman–Crippen MR) is 143 cm³/mol. The molecule has 0 bridgehead atoms. The maximum absolute atomic E-state index is 5.30. The Balaban J connectivity index is 1.30. The fraction of sp³-hybridized carbons (Fsp3) is 0.586. The van der Waals surface area contributed by atoms with Gasteiger partial charge in [0.25, 0.3) is 0 Å². The number of rotatable bonds is 6. The molecular formula is C29H40N6. The first-order valence-electron chi connectivity index (χ1n) is 13.8. The zero-order valence-electron chi connectivity index (χ0n) is 21.6. The molecule has 6 nitrogen and oxygen atoms in total. The molecule has 1 aromatic carbocycles. The molecule has 2 aliphatic heterocycles. The van der Waals surface area contributed by atoms with E-state index in [0.717, 1.165) is 36.8 Å². The van der Waals surface area contributed by atoms with Crippen molar-refractivity contribution in [3.8, 4) is 0 Å². The average molecular weight is 473 g/mol. The SMILES string of the molecule is CCCC1CN(C2CC2)CCN1c1cccc2[nH]c([C@H]3CCC[C@@H](c4ncccc4C)N3C)nc12. The lowest BCUT2D eigenvalue weighted by Crippen LogP contribution is -2.54. The van der Waals surface area contributed by atoms with Crippen molar-refractivity contribution < 1.29 is 0 Å². The zero-order valence-corrected chi connectivity index (χ0v) is 21.6. The summed E-state index contributed by atoms with van der Waals surface area (Å²) in [7, 11) is 2.26. The number of fused-ring (bicyclic) bond motifs is 1. The molecule has 6 rings (SSSR count). The largest absolute Gasteiger partial charge is 0.364 e. The lowest BCUT2D eigenvalue weighted by Gasteiger charge is -2.43. The van der Waals surface area contributed by atoms with E-state index in [-0.39, 0.29) is 6.04 Å². The summed E-state index contributed by atoms with van der Waals surface area (Å²) in [6.07, 6.45) is 10.7. The molecule has 2 saturated heterocycles. The van der Waals surface area contributed by atoms with Crippen LogP contribution < -0.4 is 4.90 Å². The summed E-state index contributed by atoms with van der Waals surface area (Å²) in [5, 5.41) is 0. The number of para-hydroxylation sites is 1. The number of nitrogens with zero attached hydrogens (tertiary/aromatic N) is 5. The van der Waals surface area contributed by atoms with E-state index in [2.05, 4.69) is 64.8 Å². The van der Waals surface area contributed by atoms with Gasteiger partial charge in [0.15, 0.2) is 0 Å². The Hall–Kier alpha value is -2.44. The highest BCUT2D eigenvalue weighted by Gasteiger charge is 2.37. The predicted octanol–water partition coefficient (Wildman–Crippen LogP) is 5.62. The number of hydrogen-bond acceptors (Lipinski definition) is 5. The van der Waals surface area contributed by atoms with Crippen LogP contribution in [0.4, 0.5) is 5.69 Å². The number of benzene rings is 1. The van der Waals surface area contributed by atoms with E-state index >= 15 is 0 Å². The molecule has 186 valence electrons. The standard InChI is InChI=1S/C29H40N6/c1-4-8-22-19-34(21-14-15-21)17-18-35(22)25-12-5-10-23-28(25)32-29(31-23)26-13-6-11-24(33(26)3)27-20(2)9-7-16-30-27/h5,7,9-10,12,16,21-22,24,26H,4,6,8,11,13-15,17-19H2,1-3H3,(H,31,32)/t22?,24-,26+/m0/s1. The number of piperidine rings is 1. The van der Waals surface area contributed by atoms with Crippen molar-refractivity contribution >= 4 is 16.7 Å². The summed E-state index contributed by atoms with van der Waals surface area (Å²) in [6.45, 7) is 7.98. The Labute approximate surface area is 209 Å². The van der Waals surface area contributed by atoms with Gasteiger partial charge < -0.3 is 9.88 Å². The van der Waals surface area contributed by atoms with Gasteiger partial charge in [-0.05, 0) is 76.3 Å². The van der Waals surface area contributed by atoms with E-state index < -0.39 is 0 Å². The highest BCUT2D eigenvalue weighted by atomic mass is 15.3. The van der Waals surface area contributed by atoms with Gasteiger partial charge in [0.2, 0.25) is 0 Å². The van der Waals surface area contributed by atoms with E-state index in [1.54, 1.807) is 0 Å². The van der Waals surface area contributed by atoms with Crippen LogP contribution in [0.2, 0.25) is 0 Å². The minimum absolute atomic E-state index is 0.286. The molecule has 0 radical (unpaired) electrons. The molecule has 1 N–H and O–H groups in total. The number of piperazine rings is 1. The summed E-state index contributed by atoms with van der Waals surface area (Å²) in [4.78, 5) is 21.7. The molecule has 35 heavy (non-hydrogen) atoms. The van der Waals surface area contributed by atoms with Crippen LogP contribution in [0, 0.1) is 6.92 Å². The van der Waals surface area contributed by atoms with Gasteiger partial charge in [0.1, 0.15) is 11.3 Å². The molecule has 3 aliphatic rings. The summed E-state index contributed by atoms with van der Waals surface area (Å²) in [5.74, 6) is 1.11. The highest BCUT2D eigenvalue weighted by molar-refractivity contribution is 5.89. The number of pyridine rings is 1. The zero-order chi connectivity index (χ0) is 23.9. The first-order chi connectivity index (χ1) is 17.1. The highest BCUT2D eigenvalue weighted by Crippen LogP contribution is 2.41. The number of aromatic amines is 1. The van der Waals surface area contributed by atoms with Gasteiger partial charge in [-0.2, -0.15) is 0 Å². The molecule has 3 aromatic rings. The molecule has 0 spiro atoms. The van der Waals surface area contributed by atoms with Crippen molar-refractivity contribution in [2.75, 3.05) is 31.6 Å². The third kappa shape index (κ3) is 4.36. The third-order valence-electron chi connectivity index (χ3n) is 8.64. The molecule has 1 aliphatic carbocycles. The van der Waals surface area contributed by atoms with Crippen LogP contribution in [-0.2, 0) is 0 Å². The number of anilines is 1. The number of aromatic nitrogens is 3. The van der Waals surface area contributed by atoms with Gasteiger partial charge >= 0.3 is 0 Å². The fourth-order valence-electron chi connectivity index (χ4n) is 6.61. The Bertz CT molecular complexity index is 1170. The van der Waals surface area contributed by atoms with Crippen LogP contribution in [-0.4, -0.2) is 63.5 Å². The van der Waals surface area contributed by atoms with Crippen LogP contribution in [0.3, 0.4) is 0 Å². The summed E-state index contributed by atoms with van der Waals surface area (Å²) >= 11 is 0. The summed E-state index contributed by atoms with van der Waals surface area (Å²) in [5.41, 5.74) is 6.13. The second-order valence-corrected chi connectivity index (χ2v) is 11.0. The average Bonchev–Trinajstić information content (AvgIpc) is 3.63. The summed E-state index contributed by atoms with van der Waals surface area (Å²) < 4.78 is 0. The maximum Gasteiger partial charge on any atom is 0.124 e. The van der Waals surface area contributed by atoms with E-state index in [1.165, 1.54) is 67.7 Å². The molecule has 3 fully saturated rings. The third-order valence-corrected chi connectivity index (χ3v) is 8.64. The minimum Gasteiger partial charge on any atom is -0.364 e. The topological polar surface area (TPSA) is 51.3 Å². The Morgan fingerprint density at radius 2 is 1.89 bits per heavy atom. The van der Waals surface area contributed by atoms with Crippen LogP contribution >= 0.6 is 0 Å². The van der Waals surface area contributed by atoms with Gasteiger partial charge in [-0.25, -0.2) is 4.98 Å². The van der Waals surface area contributed by atoms with Crippen molar-refractivity contribution in [1.82, 2.24) is 24.8 Å². The number of H-pyrrole nitrogens is 1. The number of hydrogen-bond donors (Lipinski definition) is 1.